The molecule has 1 spiro atoms. The van der Waals surface area contributed by atoms with E-state index in [-0.39, 0.29) is 5.41 Å². The van der Waals surface area contributed by atoms with Crippen LogP contribution in [0.25, 0.3) is 22.8 Å². The van der Waals surface area contributed by atoms with Crippen molar-refractivity contribution in [2.75, 3.05) is 0 Å². The summed E-state index contributed by atoms with van der Waals surface area (Å²) in [6.07, 6.45) is 9.52. The third-order valence-electron chi connectivity index (χ3n) is 5.80. The maximum atomic E-state index is 2.47. The van der Waals surface area contributed by atoms with Crippen molar-refractivity contribution in [1.82, 2.24) is 0 Å². The lowest BCUT2D eigenvalue weighted by atomic mass is 9.73. The molecular formula is C25H16. The van der Waals surface area contributed by atoms with Crippen LogP contribution in [0, 0.1) is 0 Å². The Morgan fingerprint density at radius 1 is 0.640 bits per heavy atom. The zero-order valence-corrected chi connectivity index (χ0v) is 13.7. The summed E-state index contributed by atoms with van der Waals surface area (Å²) in [5.41, 5.74) is 8.05. The molecule has 0 bridgehead atoms. The molecule has 0 heterocycles. The van der Waals surface area contributed by atoms with E-state index in [0.29, 0.717) is 0 Å². The first kappa shape index (κ1) is 13.2. The van der Waals surface area contributed by atoms with Gasteiger partial charge in [-0.15, -0.1) is 0 Å². The van der Waals surface area contributed by atoms with Crippen LogP contribution in [0.4, 0.5) is 0 Å². The van der Waals surface area contributed by atoms with E-state index in [9.17, 15) is 0 Å². The molecule has 116 valence electrons. The van der Waals surface area contributed by atoms with E-state index in [1.807, 2.05) is 0 Å². The zero-order chi connectivity index (χ0) is 16.4. The predicted octanol–water partition coefficient (Wildman–Crippen LogP) is 4.09. The highest BCUT2D eigenvalue weighted by Gasteiger charge is 2.41. The van der Waals surface area contributed by atoms with Gasteiger partial charge in [0.15, 0.2) is 0 Å². The van der Waals surface area contributed by atoms with Gasteiger partial charge < -0.3 is 0 Å². The quantitative estimate of drug-likeness (QED) is 0.586. The Balaban J connectivity index is 1.71. The van der Waals surface area contributed by atoms with Gasteiger partial charge in [-0.2, -0.15) is 0 Å². The highest BCUT2D eigenvalue weighted by molar-refractivity contribution is 5.93. The van der Waals surface area contributed by atoms with Crippen molar-refractivity contribution in [2.45, 2.75) is 5.41 Å². The summed E-state index contributed by atoms with van der Waals surface area (Å²) in [6, 6.07) is 26.3. The van der Waals surface area contributed by atoms with E-state index < -0.39 is 0 Å². The maximum Gasteiger partial charge on any atom is 0.0587 e. The average Bonchev–Trinajstić information content (AvgIpc) is 3.17. The molecule has 0 heteroatoms. The minimum atomic E-state index is -0.148. The molecular weight excluding hydrogens is 300 g/mol. The van der Waals surface area contributed by atoms with Crippen LogP contribution in [0.3, 0.4) is 0 Å². The van der Waals surface area contributed by atoms with Gasteiger partial charge in [0.25, 0.3) is 0 Å². The smallest absolute Gasteiger partial charge is 0.0587 e. The molecule has 3 aromatic rings. The van der Waals surface area contributed by atoms with Crippen molar-refractivity contribution in [1.29, 1.82) is 0 Å². The third-order valence-corrected chi connectivity index (χ3v) is 5.80. The van der Waals surface area contributed by atoms with Crippen molar-refractivity contribution in [3.8, 4) is 11.1 Å². The Labute approximate surface area is 146 Å². The van der Waals surface area contributed by atoms with Crippen molar-refractivity contribution in [3.63, 3.8) is 0 Å². The molecule has 6 rings (SSSR count). The minimum Gasteiger partial charge on any atom is -0.0651 e. The van der Waals surface area contributed by atoms with Gasteiger partial charge in [0, 0.05) is 0 Å². The first-order valence-electron chi connectivity index (χ1n) is 8.80. The Bertz CT molecular complexity index is 1190. The Morgan fingerprint density at radius 3 is 2.04 bits per heavy atom. The van der Waals surface area contributed by atoms with Gasteiger partial charge >= 0.3 is 0 Å². The van der Waals surface area contributed by atoms with Gasteiger partial charge in [-0.05, 0) is 49.9 Å². The topological polar surface area (TPSA) is 0 Å². The fourth-order valence-electron chi connectivity index (χ4n) is 4.72. The van der Waals surface area contributed by atoms with Gasteiger partial charge in [-0.25, -0.2) is 0 Å². The Kier molecular flexibility index (Phi) is 2.37. The summed E-state index contributed by atoms with van der Waals surface area (Å²) in [6.45, 7) is 0. The zero-order valence-electron chi connectivity index (χ0n) is 13.7. The molecule has 0 aliphatic heterocycles. The number of rotatable bonds is 0. The van der Waals surface area contributed by atoms with Crippen molar-refractivity contribution >= 4 is 11.6 Å². The first-order chi connectivity index (χ1) is 12.4. The minimum absolute atomic E-state index is 0.148. The standard InChI is InChI=1S/C25H16/c1-2-8-19-17(7-1)15-18-16-25(14-13-20(18)19)23-11-5-3-9-21(23)22-10-4-6-12-24(22)25/h1-16H. The molecule has 3 aromatic carbocycles. The fraction of sp³-hybridized carbons (Fsp3) is 0.0400. The second kappa shape index (κ2) is 4.49. The summed E-state index contributed by atoms with van der Waals surface area (Å²) in [5.74, 6) is 0. The van der Waals surface area contributed by atoms with E-state index >= 15 is 0 Å². The third kappa shape index (κ3) is 1.57. The normalized spacial score (nSPS) is 17.4. The van der Waals surface area contributed by atoms with Crippen LogP contribution in [0.5, 0.6) is 0 Å². The molecule has 3 aliphatic carbocycles. The fourth-order valence-corrected chi connectivity index (χ4v) is 4.72. The van der Waals surface area contributed by atoms with Crippen LogP contribution in [0.1, 0.15) is 11.1 Å². The van der Waals surface area contributed by atoms with Gasteiger partial charge in [0.05, 0.1) is 5.41 Å². The highest BCUT2D eigenvalue weighted by atomic mass is 14.4. The van der Waals surface area contributed by atoms with Crippen molar-refractivity contribution in [3.05, 3.63) is 118 Å². The van der Waals surface area contributed by atoms with E-state index in [1.165, 1.54) is 43.8 Å². The van der Waals surface area contributed by atoms with Crippen molar-refractivity contribution in [2.24, 2.45) is 0 Å². The summed E-state index contributed by atoms with van der Waals surface area (Å²) < 4.78 is 0. The first-order valence-corrected chi connectivity index (χ1v) is 8.80. The van der Waals surface area contributed by atoms with Gasteiger partial charge in [0.1, 0.15) is 0 Å². The highest BCUT2D eigenvalue weighted by Crippen LogP contribution is 2.52. The van der Waals surface area contributed by atoms with Crippen LogP contribution in [-0.4, -0.2) is 0 Å². The number of allylic oxidation sites excluding steroid dienone is 4. The number of hydrogen-bond donors (Lipinski definition) is 0. The maximum absolute atomic E-state index is 2.47. The molecule has 0 N–H and O–H groups in total. The van der Waals surface area contributed by atoms with E-state index in [4.69, 9.17) is 0 Å². The molecule has 3 aliphatic rings. The van der Waals surface area contributed by atoms with E-state index in [0.717, 1.165) is 0 Å². The largest absolute Gasteiger partial charge is 0.0651 e. The van der Waals surface area contributed by atoms with E-state index in [2.05, 4.69) is 97.1 Å². The molecule has 0 amide bonds. The second-order valence-corrected chi connectivity index (χ2v) is 7.04. The van der Waals surface area contributed by atoms with Crippen LogP contribution in [-0.2, 0) is 5.41 Å². The van der Waals surface area contributed by atoms with E-state index in [1.54, 1.807) is 0 Å². The number of benzene rings is 3. The number of fused-ring (bicyclic) bond motifs is 7. The second-order valence-electron chi connectivity index (χ2n) is 7.04. The molecule has 25 heavy (non-hydrogen) atoms. The lowest BCUT2D eigenvalue weighted by Gasteiger charge is -2.29. The Hall–Kier alpha value is -3.12. The summed E-state index contributed by atoms with van der Waals surface area (Å²) in [4.78, 5) is 0. The lowest BCUT2D eigenvalue weighted by molar-refractivity contribution is 0.836. The predicted molar refractivity (Wildman–Crippen MR) is 103 cm³/mol. The molecule has 0 aromatic heterocycles. The molecule has 0 fully saturated rings. The lowest BCUT2D eigenvalue weighted by Crippen LogP contribution is -2.24. The van der Waals surface area contributed by atoms with Gasteiger partial charge in [-0.1, -0.05) is 91.0 Å². The Morgan fingerprint density at radius 2 is 1.28 bits per heavy atom. The molecule has 0 nitrogen and oxygen atoms in total. The molecule has 0 atom stereocenters. The summed E-state index contributed by atoms with van der Waals surface area (Å²) in [7, 11) is 0. The van der Waals surface area contributed by atoms with Crippen molar-refractivity contribution < 1.29 is 0 Å². The molecule has 0 radical (unpaired) electrons. The van der Waals surface area contributed by atoms with Crippen LogP contribution >= 0.6 is 0 Å². The van der Waals surface area contributed by atoms with Gasteiger partial charge in [-0.3, -0.25) is 0 Å². The van der Waals surface area contributed by atoms with Gasteiger partial charge in [0.2, 0.25) is 0 Å². The SMILES string of the molecule is C1=CC2(C=C3C=c4ccccc4=C13)c1ccccc1-c1ccccc12. The van der Waals surface area contributed by atoms with Crippen LogP contribution < -0.4 is 10.4 Å². The average molecular weight is 316 g/mol. The monoisotopic (exact) mass is 316 g/mol. The number of hydrogen-bond acceptors (Lipinski definition) is 0. The van der Waals surface area contributed by atoms with Crippen LogP contribution in [0.15, 0.2) is 96.6 Å². The summed E-state index contributed by atoms with van der Waals surface area (Å²) in [5, 5.41) is 2.67. The molecule has 0 saturated carbocycles. The molecule has 0 saturated heterocycles. The summed E-state index contributed by atoms with van der Waals surface area (Å²) >= 11 is 0. The molecule has 0 unspecified atom stereocenters. The van der Waals surface area contributed by atoms with Crippen LogP contribution in [0.2, 0.25) is 0 Å².